The fourth-order valence-electron chi connectivity index (χ4n) is 2.26. The molecule has 0 bridgehead atoms. The highest BCUT2D eigenvalue weighted by atomic mass is 79.9. The van der Waals surface area contributed by atoms with Gasteiger partial charge in [-0.3, -0.25) is 0 Å². The van der Waals surface area contributed by atoms with Gasteiger partial charge in [0.25, 0.3) is 0 Å². The van der Waals surface area contributed by atoms with E-state index in [1.165, 1.54) is 6.33 Å². The van der Waals surface area contributed by atoms with Gasteiger partial charge >= 0.3 is 0 Å². The summed E-state index contributed by atoms with van der Waals surface area (Å²) in [6.45, 7) is 5.07. The first-order valence-corrected chi connectivity index (χ1v) is 7.11. The lowest BCUT2D eigenvalue weighted by atomic mass is 9.71. The van der Waals surface area contributed by atoms with E-state index in [-0.39, 0.29) is 0 Å². The summed E-state index contributed by atoms with van der Waals surface area (Å²) >= 11 is 3.39. The zero-order valence-corrected chi connectivity index (χ0v) is 12.5. The van der Waals surface area contributed by atoms with E-state index in [1.807, 2.05) is 0 Å². The molecule has 100 valence electrons. The number of nitrogens with one attached hydrogen (secondary N) is 1. The van der Waals surface area contributed by atoms with Gasteiger partial charge in [-0.1, -0.05) is 13.8 Å². The van der Waals surface area contributed by atoms with Crippen LogP contribution in [0, 0.1) is 5.41 Å². The van der Waals surface area contributed by atoms with Gasteiger partial charge < -0.3 is 10.4 Å². The van der Waals surface area contributed by atoms with Crippen LogP contribution in [0.25, 0.3) is 0 Å². The van der Waals surface area contributed by atoms with Crippen molar-refractivity contribution >= 4 is 21.7 Å². The van der Waals surface area contributed by atoms with Crippen LogP contribution in [0.5, 0.6) is 0 Å². The van der Waals surface area contributed by atoms with Gasteiger partial charge in [-0.2, -0.15) is 0 Å². The third-order valence-electron chi connectivity index (χ3n) is 3.79. The number of aromatic nitrogens is 2. The Hall–Kier alpha value is -0.680. The van der Waals surface area contributed by atoms with Crippen LogP contribution in [0.4, 0.5) is 5.82 Å². The maximum Gasteiger partial charge on any atom is 0.143 e. The highest BCUT2D eigenvalue weighted by molar-refractivity contribution is 9.10. The molecule has 0 spiro atoms. The van der Waals surface area contributed by atoms with E-state index in [1.54, 1.807) is 6.20 Å². The minimum atomic E-state index is -0.611. The monoisotopic (exact) mass is 313 g/mol. The highest BCUT2D eigenvalue weighted by Gasteiger charge is 2.36. The number of anilines is 1. The fraction of sp³-hybridized carbons (Fsp3) is 0.692. The lowest BCUT2D eigenvalue weighted by molar-refractivity contribution is -0.0146. The number of hydrogen-bond acceptors (Lipinski definition) is 4. The Kier molecular flexibility index (Phi) is 3.92. The second-order valence-corrected chi connectivity index (χ2v) is 6.82. The van der Waals surface area contributed by atoms with Crippen molar-refractivity contribution in [2.24, 2.45) is 5.41 Å². The molecule has 0 amide bonds. The van der Waals surface area contributed by atoms with Crippen LogP contribution in [-0.4, -0.2) is 27.2 Å². The molecule has 0 atom stereocenters. The zero-order chi connectivity index (χ0) is 13.2. The zero-order valence-electron chi connectivity index (χ0n) is 10.9. The van der Waals surface area contributed by atoms with E-state index in [0.717, 1.165) is 36.0 Å². The van der Waals surface area contributed by atoms with Crippen LogP contribution in [0.2, 0.25) is 0 Å². The third-order valence-corrected chi connectivity index (χ3v) is 4.37. The molecule has 1 saturated carbocycles. The average molecular weight is 314 g/mol. The van der Waals surface area contributed by atoms with Crippen LogP contribution < -0.4 is 5.32 Å². The Bertz CT molecular complexity index is 412. The lowest BCUT2D eigenvalue weighted by Crippen LogP contribution is -2.42. The summed E-state index contributed by atoms with van der Waals surface area (Å²) in [6.07, 6.45) is 7.02. The Balaban J connectivity index is 1.93. The molecule has 4 nitrogen and oxygen atoms in total. The molecule has 1 aliphatic rings. The second-order valence-electron chi connectivity index (χ2n) is 5.96. The van der Waals surface area contributed by atoms with Crippen LogP contribution >= 0.6 is 15.9 Å². The summed E-state index contributed by atoms with van der Waals surface area (Å²) in [5.41, 5.74) is -0.248. The van der Waals surface area contributed by atoms with Crippen LogP contribution in [0.15, 0.2) is 17.0 Å². The van der Waals surface area contributed by atoms with Crippen molar-refractivity contribution in [1.82, 2.24) is 9.97 Å². The van der Waals surface area contributed by atoms with Crippen molar-refractivity contribution in [1.29, 1.82) is 0 Å². The molecule has 0 aliphatic heterocycles. The minimum absolute atomic E-state index is 0.363. The van der Waals surface area contributed by atoms with Crippen molar-refractivity contribution in [3.8, 4) is 0 Å². The van der Waals surface area contributed by atoms with Gasteiger partial charge in [-0.05, 0) is 47.0 Å². The van der Waals surface area contributed by atoms with Crippen LogP contribution in [0.3, 0.4) is 0 Å². The van der Waals surface area contributed by atoms with Crippen molar-refractivity contribution in [2.75, 3.05) is 11.9 Å². The SMILES string of the molecule is CC1(C)CCC(O)(CNc2ncncc2Br)CC1. The first kappa shape index (κ1) is 13.7. The van der Waals surface area contributed by atoms with Gasteiger partial charge in [-0.15, -0.1) is 0 Å². The molecule has 0 aromatic carbocycles. The Labute approximate surface area is 116 Å². The molecule has 1 heterocycles. The smallest absolute Gasteiger partial charge is 0.143 e. The number of nitrogens with zero attached hydrogens (tertiary/aromatic N) is 2. The highest BCUT2D eigenvalue weighted by Crippen LogP contribution is 2.40. The molecule has 5 heteroatoms. The third kappa shape index (κ3) is 3.42. The van der Waals surface area contributed by atoms with E-state index >= 15 is 0 Å². The number of hydrogen-bond donors (Lipinski definition) is 2. The normalized spacial score (nSPS) is 21.6. The van der Waals surface area contributed by atoms with Gasteiger partial charge in [0.05, 0.1) is 10.1 Å². The Morgan fingerprint density at radius 3 is 2.61 bits per heavy atom. The first-order chi connectivity index (χ1) is 8.40. The number of aliphatic hydroxyl groups is 1. The summed E-state index contributed by atoms with van der Waals surface area (Å²) < 4.78 is 0.824. The Morgan fingerprint density at radius 1 is 1.33 bits per heavy atom. The molecule has 1 aromatic heterocycles. The largest absolute Gasteiger partial charge is 0.388 e. The van der Waals surface area contributed by atoms with Gasteiger partial charge in [-0.25, -0.2) is 9.97 Å². The van der Waals surface area contributed by atoms with Gasteiger partial charge in [0, 0.05) is 12.7 Å². The number of halogens is 1. The van der Waals surface area contributed by atoms with Crippen molar-refractivity contribution in [2.45, 2.75) is 45.1 Å². The predicted molar refractivity (Wildman–Crippen MR) is 75.4 cm³/mol. The quantitative estimate of drug-likeness (QED) is 0.900. The predicted octanol–water partition coefficient (Wildman–Crippen LogP) is 2.98. The molecule has 1 fully saturated rings. The molecule has 2 rings (SSSR count). The van der Waals surface area contributed by atoms with Crippen LogP contribution in [0.1, 0.15) is 39.5 Å². The molecule has 2 N–H and O–H groups in total. The average Bonchev–Trinajstić information content (AvgIpc) is 2.33. The molecule has 0 unspecified atom stereocenters. The molecular weight excluding hydrogens is 294 g/mol. The molecule has 0 radical (unpaired) electrons. The van der Waals surface area contributed by atoms with Gasteiger partial charge in [0.2, 0.25) is 0 Å². The molecule has 0 saturated heterocycles. The Morgan fingerprint density at radius 2 is 2.00 bits per heavy atom. The summed E-state index contributed by atoms with van der Waals surface area (Å²) in [7, 11) is 0. The molecular formula is C13H20BrN3O. The summed E-state index contributed by atoms with van der Waals surface area (Å²) in [4.78, 5) is 8.06. The second kappa shape index (κ2) is 5.13. The number of rotatable bonds is 3. The van der Waals surface area contributed by atoms with E-state index in [9.17, 15) is 5.11 Å². The van der Waals surface area contributed by atoms with Crippen molar-refractivity contribution in [3.05, 3.63) is 17.0 Å². The lowest BCUT2D eigenvalue weighted by Gasteiger charge is -2.40. The van der Waals surface area contributed by atoms with E-state index in [2.05, 4.69) is 45.1 Å². The van der Waals surface area contributed by atoms with Crippen LogP contribution in [-0.2, 0) is 0 Å². The van der Waals surface area contributed by atoms with Gasteiger partial charge in [0.1, 0.15) is 12.1 Å². The summed E-state index contributed by atoms with van der Waals surface area (Å²) in [6, 6.07) is 0. The molecule has 1 aromatic rings. The van der Waals surface area contributed by atoms with E-state index in [0.29, 0.717) is 12.0 Å². The first-order valence-electron chi connectivity index (χ1n) is 6.32. The van der Waals surface area contributed by atoms with E-state index < -0.39 is 5.60 Å². The fourth-order valence-corrected chi connectivity index (χ4v) is 2.62. The maximum absolute atomic E-state index is 10.5. The van der Waals surface area contributed by atoms with E-state index in [4.69, 9.17) is 0 Å². The summed E-state index contributed by atoms with van der Waals surface area (Å²) in [5.74, 6) is 0.739. The van der Waals surface area contributed by atoms with Crippen molar-refractivity contribution < 1.29 is 5.11 Å². The maximum atomic E-state index is 10.5. The summed E-state index contributed by atoms with van der Waals surface area (Å²) in [5, 5.41) is 13.7. The standard InChI is InChI=1S/C13H20BrN3O/c1-12(2)3-5-13(18,6-4-12)8-16-11-10(14)7-15-9-17-11/h7,9,18H,3-6,8H2,1-2H3,(H,15,16,17). The topological polar surface area (TPSA) is 58.0 Å². The van der Waals surface area contributed by atoms with Crippen molar-refractivity contribution in [3.63, 3.8) is 0 Å². The minimum Gasteiger partial charge on any atom is -0.388 e. The molecule has 1 aliphatic carbocycles. The molecule has 18 heavy (non-hydrogen) atoms. The van der Waals surface area contributed by atoms with Gasteiger partial charge in [0.15, 0.2) is 0 Å².